The van der Waals surface area contributed by atoms with Crippen molar-refractivity contribution in [3.63, 3.8) is 0 Å². The maximum Gasteiger partial charge on any atom is 0.330 e. The Labute approximate surface area is 351 Å². The Hall–Kier alpha value is -5.20. The second-order valence-corrected chi connectivity index (χ2v) is 16.1. The zero-order chi connectivity index (χ0) is 43.4. The molecule has 5 atom stereocenters. The number of nitriles is 1. The molecule has 1 N–H and O–H groups in total. The van der Waals surface area contributed by atoms with Crippen LogP contribution in [-0.4, -0.2) is 83.8 Å². The Kier molecular flexibility index (Phi) is 16.3. The molecule has 1 aromatic heterocycles. The number of ketones is 1. The Morgan fingerprint density at radius 3 is 1.97 bits per heavy atom. The van der Waals surface area contributed by atoms with Gasteiger partial charge in [0.2, 0.25) is 0 Å². The molecule has 1 saturated heterocycles. The minimum Gasteiger partial charge on any atom is -0.497 e. The number of nitrogens with one attached hydrogen (secondary N) is 1. The van der Waals surface area contributed by atoms with E-state index in [1.54, 1.807) is 14.2 Å². The number of ether oxygens (including phenoxy) is 5. The maximum absolute atomic E-state index is 13.5. The minimum atomic E-state index is -1.98. The number of esters is 1. The van der Waals surface area contributed by atoms with Gasteiger partial charge in [-0.1, -0.05) is 54.6 Å². The molecule has 3 aromatic carbocycles. The van der Waals surface area contributed by atoms with E-state index in [1.165, 1.54) is 13.1 Å². The molecule has 0 aliphatic carbocycles. The lowest BCUT2D eigenvalue weighted by Crippen LogP contribution is -2.44. The van der Waals surface area contributed by atoms with Crippen molar-refractivity contribution >= 4 is 20.3 Å². The van der Waals surface area contributed by atoms with E-state index in [1.807, 2.05) is 111 Å². The second kappa shape index (κ2) is 21.4. The van der Waals surface area contributed by atoms with Crippen LogP contribution in [0.1, 0.15) is 76.8 Å². The van der Waals surface area contributed by atoms with Crippen molar-refractivity contribution < 1.29 is 42.3 Å². The molecule has 0 radical (unpaired) electrons. The van der Waals surface area contributed by atoms with Crippen molar-refractivity contribution in [3.8, 4) is 17.6 Å². The number of carbonyl (C=O) groups excluding carboxylic acids is 2. The molecule has 1 unspecified atom stereocenters. The van der Waals surface area contributed by atoms with Gasteiger partial charge in [0, 0.05) is 30.8 Å². The summed E-state index contributed by atoms with van der Waals surface area (Å²) in [6, 6.07) is 27.7. The van der Waals surface area contributed by atoms with Gasteiger partial charge in [-0.3, -0.25) is 19.1 Å². The topological polar surface area (TPSA) is 181 Å². The van der Waals surface area contributed by atoms with E-state index in [-0.39, 0.29) is 50.3 Å². The number of benzene rings is 3. The molecule has 15 nitrogen and oxygen atoms in total. The van der Waals surface area contributed by atoms with E-state index < -0.39 is 55.9 Å². The highest BCUT2D eigenvalue weighted by Gasteiger charge is 2.53. The van der Waals surface area contributed by atoms with Crippen LogP contribution in [0, 0.1) is 11.3 Å². The molecular weight excluding hydrogens is 791 g/mol. The standard InChI is InChI=1S/C44H53N4O11P/c1-29(2)48(30(3)4)60(56-27-11-25-45)59-40-37(57-42(47-26-24-38(50)46-43(47)52)41(40)58-39(51)23-14-31(5)49)28-55-44(32-12-9-8-10-13-32,33-15-19-35(53-6)20-16-33)34-17-21-36(54-7)22-18-34/h8-10,12-13,15-22,24,26,29-30,37,40-42H,11,14,23,27-28H2,1-7H3,(H,46,50,52)/t37-,40-,41+,42-,60?/m1/s1. The zero-order valence-corrected chi connectivity index (χ0v) is 35.8. The number of methoxy groups -OCH3 is 2. The van der Waals surface area contributed by atoms with Crippen molar-refractivity contribution in [2.75, 3.05) is 27.4 Å². The van der Waals surface area contributed by atoms with E-state index in [2.05, 4.69) is 11.1 Å². The van der Waals surface area contributed by atoms with Gasteiger partial charge in [0.1, 0.15) is 35.1 Å². The fraction of sp³-hybridized carbons (Fsp3) is 0.432. The predicted octanol–water partition coefficient (Wildman–Crippen LogP) is 6.40. The highest BCUT2D eigenvalue weighted by molar-refractivity contribution is 7.44. The van der Waals surface area contributed by atoms with Gasteiger partial charge < -0.3 is 37.5 Å². The van der Waals surface area contributed by atoms with E-state index in [4.69, 9.17) is 32.7 Å². The molecular formula is C44H53N4O11P. The quantitative estimate of drug-likeness (QED) is 0.0422. The molecule has 0 saturated carbocycles. The van der Waals surface area contributed by atoms with Gasteiger partial charge in [0.25, 0.3) is 14.1 Å². The number of Topliss-reactive ketones (excluding diaryl/α,β-unsaturated/α-hetero) is 1. The van der Waals surface area contributed by atoms with Crippen LogP contribution >= 0.6 is 8.53 Å². The molecule has 1 aliphatic heterocycles. The van der Waals surface area contributed by atoms with Crippen LogP contribution in [0.5, 0.6) is 11.5 Å². The van der Waals surface area contributed by atoms with Gasteiger partial charge >= 0.3 is 11.7 Å². The molecule has 60 heavy (non-hydrogen) atoms. The van der Waals surface area contributed by atoms with Crippen LogP contribution in [-0.2, 0) is 38.4 Å². The van der Waals surface area contributed by atoms with Gasteiger partial charge in [0.15, 0.2) is 12.3 Å². The first kappa shape index (κ1) is 45.9. The van der Waals surface area contributed by atoms with Gasteiger partial charge in [-0.15, -0.1) is 0 Å². The number of aromatic nitrogens is 2. The van der Waals surface area contributed by atoms with Crippen LogP contribution in [0.4, 0.5) is 0 Å². The summed E-state index contributed by atoms with van der Waals surface area (Å²) < 4.78 is 47.5. The van der Waals surface area contributed by atoms with Crippen molar-refractivity contribution in [1.29, 1.82) is 5.26 Å². The van der Waals surface area contributed by atoms with Crippen molar-refractivity contribution in [1.82, 2.24) is 14.2 Å². The molecule has 2 heterocycles. The summed E-state index contributed by atoms with van der Waals surface area (Å²) in [6.07, 6.45) is -3.85. The number of hydrogen-bond donors (Lipinski definition) is 1. The Balaban J connectivity index is 1.70. The molecule has 0 spiro atoms. The molecule has 0 bridgehead atoms. The summed E-state index contributed by atoms with van der Waals surface area (Å²) in [5.41, 5.74) is -0.505. The van der Waals surface area contributed by atoms with Crippen molar-refractivity contribution in [2.45, 2.75) is 96.1 Å². The van der Waals surface area contributed by atoms with Crippen LogP contribution in [0.3, 0.4) is 0 Å². The first-order chi connectivity index (χ1) is 28.8. The number of aromatic amines is 1. The molecule has 320 valence electrons. The van der Waals surface area contributed by atoms with Crippen molar-refractivity contribution in [3.05, 3.63) is 129 Å². The lowest BCUT2D eigenvalue weighted by Gasteiger charge is -2.39. The third-order valence-corrected chi connectivity index (χ3v) is 12.0. The molecule has 1 aliphatic rings. The number of H-pyrrole nitrogens is 1. The highest BCUT2D eigenvalue weighted by atomic mass is 31.2. The van der Waals surface area contributed by atoms with Crippen LogP contribution in [0.2, 0.25) is 0 Å². The lowest BCUT2D eigenvalue weighted by atomic mass is 9.80. The number of carbonyl (C=O) groups is 2. The van der Waals surface area contributed by atoms with E-state index in [0.29, 0.717) is 11.5 Å². The van der Waals surface area contributed by atoms with Gasteiger partial charge in [-0.2, -0.15) is 5.26 Å². The highest BCUT2D eigenvalue weighted by Crippen LogP contribution is 2.51. The number of nitrogens with zero attached hydrogens (tertiary/aromatic N) is 3. The van der Waals surface area contributed by atoms with E-state index in [9.17, 15) is 24.4 Å². The average Bonchev–Trinajstić information content (AvgIpc) is 3.56. The molecule has 16 heteroatoms. The van der Waals surface area contributed by atoms with Crippen LogP contribution in [0.25, 0.3) is 0 Å². The Morgan fingerprint density at radius 1 is 0.867 bits per heavy atom. The normalized spacial score (nSPS) is 18.4. The largest absolute Gasteiger partial charge is 0.497 e. The molecule has 4 aromatic rings. The molecule has 0 amide bonds. The molecule has 1 fully saturated rings. The summed E-state index contributed by atoms with van der Waals surface area (Å²) >= 11 is 0. The number of hydrogen-bond acceptors (Lipinski definition) is 13. The fourth-order valence-electron chi connectivity index (χ4n) is 7.12. The molecule has 5 rings (SSSR count). The first-order valence-corrected chi connectivity index (χ1v) is 20.8. The Morgan fingerprint density at radius 2 is 1.45 bits per heavy atom. The fourth-order valence-corrected chi connectivity index (χ4v) is 8.88. The monoisotopic (exact) mass is 844 g/mol. The summed E-state index contributed by atoms with van der Waals surface area (Å²) in [7, 11) is 1.20. The Bertz CT molecular complexity index is 2120. The summed E-state index contributed by atoms with van der Waals surface area (Å²) in [5, 5.41) is 9.42. The summed E-state index contributed by atoms with van der Waals surface area (Å²) in [6.45, 7) is 9.14. The van der Waals surface area contributed by atoms with Crippen molar-refractivity contribution in [2.24, 2.45) is 0 Å². The maximum atomic E-state index is 13.5. The zero-order valence-electron chi connectivity index (χ0n) is 34.9. The SMILES string of the molecule is COc1ccc(C(OC[C@H]2O[C@@H](n3ccc(=O)[nH]c3=O)[C@@H](OC(=O)CCC(C)=O)[C@@H]2OP(OCCC#N)N(C(C)C)C(C)C)(c2ccccc2)c2ccc(OC)cc2)cc1. The summed E-state index contributed by atoms with van der Waals surface area (Å²) in [4.78, 5) is 53.4. The average molecular weight is 845 g/mol. The minimum absolute atomic E-state index is 0.0464. The second-order valence-electron chi connectivity index (χ2n) is 14.7. The third-order valence-electron chi connectivity index (χ3n) is 9.87. The first-order valence-electron chi connectivity index (χ1n) is 19.7. The van der Waals surface area contributed by atoms with Gasteiger partial charge in [0.05, 0.1) is 46.3 Å². The predicted molar refractivity (Wildman–Crippen MR) is 223 cm³/mol. The third kappa shape index (κ3) is 10.9. The number of rotatable bonds is 21. The van der Waals surface area contributed by atoms with Crippen LogP contribution < -0.4 is 20.7 Å². The lowest BCUT2D eigenvalue weighted by molar-refractivity contribution is -0.159. The van der Waals surface area contributed by atoms with Gasteiger partial charge in [-0.05, 0) is 75.6 Å². The smallest absolute Gasteiger partial charge is 0.330 e. The van der Waals surface area contributed by atoms with Crippen LogP contribution in [0.15, 0.2) is 101 Å². The summed E-state index contributed by atoms with van der Waals surface area (Å²) in [5.74, 6) is 0.328. The van der Waals surface area contributed by atoms with Gasteiger partial charge in [-0.25, -0.2) is 9.46 Å². The van der Waals surface area contributed by atoms with E-state index in [0.717, 1.165) is 27.3 Å². The van der Waals surface area contributed by atoms with E-state index >= 15 is 0 Å².